The summed E-state index contributed by atoms with van der Waals surface area (Å²) in [5.41, 5.74) is 1.31. The number of rotatable bonds is 3. The van der Waals surface area contributed by atoms with Crippen LogP contribution in [0.15, 0.2) is 12.3 Å². The Kier molecular flexibility index (Phi) is 2.81. The maximum absolute atomic E-state index is 4.17. The predicted octanol–water partition coefficient (Wildman–Crippen LogP) is 1.77. The van der Waals surface area contributed by atoms with Gasteiger partial charge in [0.05, 0.1) is 5.88 Å². The molecule has 1 aromatic heterocycles. The van der Waals surface area contributed by atoms with Gasteiger partial charge in [-0.2, -0.15) is 5.10 Å². The topological polar surface area (TPSA) is 17.8 Å². The van der Waals surface area contributed by atoms with E-state index in [2.05, 4.69) is 24.3 Å². The summed E-state index contributed by atoms with van der Waals surface area (Å²) >= 11 is 1.79. The van der Waals surface area contributed by atoms with Crippen LogP contribution in [0.5, 0.6) is 0 Å². The minimum Gasteiger partial charge on any atom is -0.260 e. The van der Waals surface area contributed by atoms with E-state index in [0.717, 1.165) is 12.3 Å². The zero-order valence-corrected chi connectivity index (χ0v) is 7.19. The van der Waals surface area contributed by atoms with E-state index in [9.17, 15) is 0 Å². The van der Waals surface area contributed by atoms with E-state index in [4.69, 9.17) is 0 Å². The van der Waals surface area contributed by atoms with Crippen molar-refractivity contribution in [2.24, 2.45) is 0 Å². The Hall–Kier alpha value is -0.440. The molecule has 0 radical (unpaired) electrons. The largest absolute Gasteiger partial charge is 0.260 e. The maximum atomic E-state index is 4.17. The Labute approximate surface area is 65.6 Å². The van der Waals surface area contributed by atoms with Crippen molar-refractivity contribution in [2.75, 3.05) is 6.26 Å². The Bertz CT molecular complexity index is 195. The van der Waals surface area contributed by atoms with E-state index >= 15 is 0 Å². The molecule has 0 aliphatic carbocycles. The molecule has 0 aromatic carbocycles. The number of thioether (sulfide) groups is 1. The van der Waals surface area contributed by atoms with E-state index < -0.39 is 0 Å². The van der Waals surface area contributed by atoms with Crippen LogP contribution >= 0.6 is 11.8 Å². The van der Waals surface area contributed by atoms with Crippen LogP contribution < -0.4 is 0 Å². The number of hydrogen-bond acceptors (Lipinski definition) is 2. The Balaban J connectivity index is 2.70. The lowest BCUT2D eigenvalue weighted by atomic mass is 10.3. The van der Waals surface area contributed by atoms with Crippen molar-refractivity contribution in [1.29, 1.82) is 0 Å². The highest BCUT2D eigenvalue weighted by Crippen LogP contribution is 2.04. The van der Waals surface area contributed by atoms with Gasteiger partial charge in [0.2, 0.25) is 0 Å². The molecule has 10 heavy (non-hydrogen) atoms. The average molecular weight is 156 g/mol. The highest BCUT2D eigenvalue weighted by molar-refractivity contribution is 7.97. The lowest BCUT2D eigenvalue weighted by Gasteiger charge is -2.01. The summed E-state index contributed by atoms with van der Waals surface area (Å²) < 4.78 is 2.03. The van der Waals surface area contributed by atoms with Crippen molar-refractivity contribution in [3.63, 3.8) is 0 Å². The van der Waals surface area contributed by atoms with Crippen LogP contribution in [0.25, 0.3) is 0 Å². The summed E-state index contributed by atoms with van der Waals surface area (Å²) in [5, 5.41) is 4.17. The maximum Gasteiger partial charge on any atom is 0.0863 e. The first-order valence-corrected chi connectivity index (χ1v) is 4.77. The molecule has 0 fully saturated rings. The third-order valence-corrected chi connectivity index (χ3v) is 1.92. The monoisotopic (exact) mass is 156 g/mol. The van der Waals surface area contributed by atoms with Crippen LogP contribution in [0.4, 0.5) is 0 Å². The second-order valence-electron chi connectivity index (χ2n) is 2.09. The van der Waals surface area contributed by atoms with Gasteiger partial charge in [-0.15, -0.1) is 11.8 Å². The minimum absolute atomic E-state index is 0.968. The summed E-state index contributed by atoms with van der Waals surface area (Å²) in [7, 11) is 0. The van der Waals surface area contributed by atoms with E-state index in [1.807, 2.05) is 10.9 Å². The SMILES string of the molecule is CCc1ccnn1CSC. The second kappa shape index (κ2) is 3.66. The molecule has 0 N–H and O–H groups in total. The summed E-state index contributed by atoms with van der Waals surface area (Å²) in [6, 6.07) is 2.07. The first kappa shape index (κ1) is 7.66. The van der Waals surface area contributed by atoms with Crippen LogP contribution in [0, 0.1) is 0 Å². The molecule has 1 aromatic rings. The fourth-order valence-electron chi connectivity index (χ4n) is 0.899. The van der Waals surface area contributed by atoms with Crippen LogP contribution in [0.1, 0.15) is 12.6 Å². The Morgan fingerprint density at radius 3 is 3.10 bits per heavy atom. The summed E-state index contributed by atoms with van der Waals surface area (Å²) in [5.74, 6) is 0.968. The molecule has 0 atom stereocenters. The van der Waals surface area contributed by atoms with Gasteiger partial charge in [0.1, 0.15) is 0 Å². The number of aryl methyl sites for hydroxylation is 1. The third kappa shape index (κ3) is 1.53. The minimum atomic E-state index is 0.968. The van der Waals surface area contributed by atoms with Crippen LogP contribution in [0.2, 0.25) is 0 Å². The van der Waals surface area contributed by atoms with Crippen LogP contribution in [0.3, 0.4) is 0 Å². The molecule has 0 aliphatic rings. The summed E-state index contributed by atoms with van der Waals surface area (Å²) in [4.78, 5) is 0. The molecule has 0 spiro atoms. The first-order valence-electron chi connectivity index (χ1n) is 3.38. The van der Waals surface area contributed by atoms with Crippen LogP contribution in [-0.4, -0.2) is 16.0 Å². The molecule has 3 heteroatoms. The van der Waals surface area contributed by atoms with Crippen LogP contribution in [-0.2, 0) is 12.3 Å². The highest BCUT2D eigenvalue weighted by Gasteiger charge is 1.96. The van der Waals surface area contributed by atoms with Gasteiger partial charge >= 0.3 is 0 Å². The average Bonchev–Trinajstić information content (AvgIpc) is 2.36. The van der Waals surface area contributed by atoms with Gasteiger partial charge in [-0.1, -0.05) is 6.92 Å². The van der Waals surface area contributed by atoms with Gasteiger partial charge in [0.15, 0.2) is 0 Å². The van der Waals surface area contributed by atoms with Crippen molar-refractivity contribution >= 4 is 11.8 Å². The fourth-order valence-corrected chi connectivity index (χ4v) is 1.38. The quantitative estimate of drug-likeness (QED) is 0.663. The molecular formula is C7H12N2S. The molecule has 56 valence electrons. The summed E-state index contributed by atoms with van der Waals surface area (Å²) in [6.07, 6.45) is 5.01. The normalized spacial score (nSPS) is 10.2. The molecular weight excluding hydrogens is 144 g/mol. The van der Waals surface area contributed by atoms with E-state index in [0.29, 0.717) is 0 Å². The van der Waals surface area contributed by atoms with Crippen molar-refractivity contribution in [2.45, 2.75) is 19.2 Å². The molecule has 2 nitrogen and oxygen atoms in total. The summed E-state index contributed by atoms with van der Waals surface area (Å²) in [6.45, 7) is 2.15. The molecule has 1 rings (SSSR count). The number of hydrogen-bond donors (Lipinski definition) is 0. The molecule has 0 unspecified atom stereocenters. The molecule has 0 bridgehead atoms. The van der Waals surface area contributed by atoms with Gasteiger partial charge in [-0.3, -0.25) is 4.68 Å². The predicted molar refractivity (Wildman–Crippen MR) is 45.1 cm³/mol. The molecule has 0 saturated carbocycles. The second-order valence-corrected chi connectivity index (χ2v) is 2.93. The first-order chi connectivity index (χ1) is 4.88. The van der Waals surface area contributed by atoms with Crippen molar-refractivity contribution in [1.82, 2.24) is 9.78 Å². The zero-order valence-electron chi connectivity index (χ0n) is 6.37. The van der Waals surface area contributed by atoms with Gasteiger partial charge in [-0.05, 0) is 18.7 Å². The zero-order chi connectivity index (χ0) is 7.40. The smallest absolute Gasteiger partial charge is 0.0863 e. The van der Waals surface area contributed by atoms with E-state index in [-0.39, 0.29) is 0 Å². The number of aromatic nitrogens is 2. The molecule has 0 amide bonds. The fraction of sp³-hybridized carbons (Fsp3) is 0.571. The third-order valence-electron chi connectivity index (χ3n) is 1.42. The molecule has 1 heterocycles. The van der Waals surface area contributed by atoms with Crippen molar-refractivity contribution in [3.8, 4) is 0 Å². The van der Waals surface area contributed by atoms with Crippen molar-refractivity contribution in [3.05, 3.63) is 18.0 Å². The standard InChI is InChI=1S/C7H12N2S/c1-3-7-4-5-8-9(7)6-10-2/h4-5H,3,6H2,1-2H3. The van der Waals surface area contributed by atoms with Gasteiger partial charge in [-0.25, -0.2) is 0 Å². The Morgan fingerprint density at radius 2 is 2.50 bits per heavy atom. The van der Waals surface area contributed by atoms with Gasteiger partial charge < -0.3 is 0 Å². The number of nitrogens with zero attached hydrogens (tertiary/aromatic N) is 2. The molecule has 0 saturated heterocycles. The van der Waals surface area contributed by atoms with E-state index in [1.54, 1.807) is 11.8 Å². The van der Waals surface area contributed by atoms with Gasteiger partial charge in [0.25, 0.3) is 0 Å². The lowest BCUT2D eigenvalue weighted by Crippen LogP contribution is -2.00. The highest BCUT2D eigenvalue weighted by atomic mass is 32.2. The van der Waals surface area contributed by atoms with Crippen molar-refractivity contribution < 1.29 is 0 Å². The van der Waals surface area contributed by atoms with E-state index in [1.165, 1.54) is 5.69 Å². The molecule has 0 aliphatic heterocycles. The lowest BCUT2D eigenvalue weighted by molar-refractivity contribution is 0.705. The Morgan fingerprint density at radius 1 is 1.70 bits per heavy atom. The van der Waals surface area contributed by atoms with Gasteiger partial charge in [0, 0.05) is 11.9 Å².